The summed E-state index contributed by atoms with van der Waals surface area (Å²) >= 11 is 0. The second kappa shape index (κ2) is 5.22. The van der Waals surface area contributed by atoms with Gasteiger partial charge in [0.25, 0.3) is 5.91 Å². The Morgan fingerprint density at radius 2 is 2.00 bits per heavy atom. The van der Waals surface area contributed by atoms with Gasteiger partial charge in [0.1, 0.15) is 5.52 Å². The topological polar surface area (TPSA) is 63.9 Å². The van der Waals surface area contributed by atoms with Gasteiger partial charge in [-0.2, -0.15) is 0 Å². The van der Waals surface area contributed by atoms with E-state index < -0.39 is 0 Å². The Bertz CT molecular complexity index is 841. The molecule has 6 heteroatoms. The molecule has 3 heterocycles. The molecule has 1 aromatic carbocycles. The molecule has 110 valence electrons. The Labute approximate surface area is 127 Å². The number of carbonyl (C=O) groups is 1. The molecule has 0 unspecified atom stereocenters. The molecule has 0 saturated carbocycles. The summed E-state index contributed by atoms with van der Waals surface area (Å²) < 4.78 is 1.89. The maximum Gasteiger partial charge on any atom is 0.256 e. The van der Waals surface area contributed by atoms with Gasteiger partial charge in [-0.1, -0.05) is 17.3 Å². The first-order chi connectivity index (χ1) is 10.8. The minimum absolute atomic E-state index is 0.0755. The lowest BCUT2D eigenvalue weighted by molar-refractivity contribution is 0.0774. The van der Waals surface area contributed by atoms with E-state index in [1.54, 1.807) is 6.20 Å². The van der Waals surface area contributed by atoms with Gasteiger partial charge in [-0.05, 0) is 30.7 Å². The number of aryl methyl sites for hydroxylation is 1. The summed E-state index contributed by atoms with van der Waals surface area (Å²) in [5.74, 6) is 0.0755. The molecule has 6 nitrogen and oxygen atoms in total. The zero-order valence-electron chi connectivity index (χ0n) is 12.0. The van der Waals surface area contributed by atoms with Crippen LogP contribution in [0.2, 0.25) is 0 Å². The van der Waals surface area contributed by atoms with E-state index in [-0.39, 0.29) is 5.91 Å². The predicted molar refractivity (Wildman–Crippen MR) is 81.1 cm³/mol. The first-order valence-corrected chi connectivity index (χ1v) is 7.34. The quantitative estimate of drug-likeness (QED) is 0.736. The van der Waals surface area contributed by atoms with Gasteiger partial charge in [0.15, 0.2) is 0 Å². The highest BCUT2D eigenvalue weighted by Gasteiger charge is 2.27. The average molecular weight is 293 g/mol. The molecule has 22 heavy (non-hydrogen) atoms. The second-order valence-corrected chi connectivity index (χ2v) is 5.38. The Morgan fingerprint density at radius 3 is 2.91 bits per heavy atom. The first-order valence-electron chi connectivity index (χ1n) is 7.34. The van der Waals surface area contributed by atoms with Crippen LogP contribution in [0.1, 0.15) is 22.5 Å². The van der Waals surface area contributed by atoms with Crippen molar-refractivity contribution in [3.63, 3.8) is 0 Å². The Balaban J connectivity index is 1.41. The minimum atomic E-state index is 0.0755. The molecular weight excluding hydrogens is 278 g/mol. The second-order valence-electron chi connectivity index (χ2n) is 5.38. The van der Waals surface area contributed by atoms with Crippen LogP contribution in [0.25, 0.3) is 11.0 Å². The number of nitrogens with zero attached hydrogens (tertiary/aromatic N) is 5. The molecule has 0 atom stereocenters. The maximum absolute atomic E-state index is 12.3. The van der Waals surface area contributed by atoms with Crippen LogP contribution in [0.4, 0.5) is 0 Å². The van der Waals surface area contributed by atoms with Crippen molar-refractivity contribution in [2.75, 3.05) is 6.54 Å². The number of carbonyl (C=O) groups excluding carboxylic acids is 1. The van der Waals surface area contributed by atoms with Crippen LogP contribution in [0.15, 0.2) is 42.6 Å². The summed E-state index contributed by atoms with van der Waals surface area (Å²) in [4.78, 5) is 18.4. The standard InChI is InChI=1S/C16H15N5O/c22-16-12-5-3-8-17-14(12)11-20(16)9-4-10-21-15-7-2-1-6-13(15)18-19-21/h1-3,5-8H,4,9-11H2. The number of amides is 1. The van der Waals surface area contributed by atoms with Crippen LogP contribution in [-0.4, -0.2) is 37.3 Å². The Morgan fingerprint density at radius 1 is 1.09 bits per heavy atom. The number of para-hydroxylation sites is 1. The zero-order valence-corrected chi connectivity index (χ0v) is 12.0. The Hall–Kier alpha value is -2.76. The molecule has 0 saturated heterocycles. The molecule has 0 N–H and O–H groups in total. The van der Waals surface area contributed by atoms with Gasteiger partial charge in [-0.25, -0.2) is 4.68 Å². The zero-order chi connectivity index (χ0) is 14.9. The molecule has 0 spiro atoms. The highest BCUT2D eigenvalue weighted by atomic mass is 16.2. The van der Waals surface area contributed by atoms with Gasteiger partial charge in [-0.15, -0.1) is 5.10 Å². The van der Waals surface area contributed by atoms with Crippen molar-refractivity contribution >= 4 is 16.9 Å². The fraction of sp³-hybridized carbons (Fsp3) is 0.250. The van der Waals surface area contributed by atoms with Gasteiger partial charge >= 0.3 is 0 Å². The highest BCUT2D eigenvalue weighted by molar-refractivity contribution is 5.97. The summed E-state index contributed by atoms with van der Waals surface area (Å²) in [6.45, 7) is 2.05. The lowest BCUT2D eigenvalue weighted by Gasteiger charge is -2.14. The number of hydrogen-bond acceptors (Lipinski definition) is 4. The van der Waals surface area contributed by atoms with Crippen molar-refractivity contribution in [2.45, 2.75) is 19.5 Å². The normalized spacial score (nSPS) is 13.8. The summed E-state index contributed by atoms with van der Waals surface area (Å²) in [6, 6.07) is 11.5. The molecule has 3 aromatic rings. The van der Waals surface area contributed by atoms with Crippen LogP contribution in [-0.2, 0) is 13.1 Å². The van der Waals surface area contributed by atoms with Crippen LogP contribution in [0.3, 0.4) is 0 Å². The Kier molecular flexibility index (Phi) is 3.07. The van der Waals surface area contributed by atoms with Crippen molar-refractivity contribution < 1.29 is 4.79 Å². The number of fused-ring (bicyclic) bond motifs is 2. The number of aromatic nitrogens is 4. The molecular formula is C16H15N5O. The average Bonchev–Trinajstić information content (AvgIpc) is 3.10. The third-order valence-electron chi connectivity index (χ3n) is 3.97. The molecule has 0 aliphatic carbocycles. The summed E-state index contributed by atoms with van der Waals surface area (Å²) in [5, 5.41) is 8.31. The molecule has 2 aromatic heterocycles. The van der Waals surface area contributed by atoms with E-state index >= 15 is 0 Å². The molecule has 1 aliphatic heterocycles. The van der Waals surface area contributed by atoms with Crippen LogP contribution in [0, 0.1) is 0 Å². The molecule has 0 radical (unpaired) electrons. The number of benzene rings is 1. The fourth-order valence-electron chi connectivity index (χ4n) is 2.86. The van der Waals surface area contributed by atoms with E-state index in [1.807, 2.05) is 46.0 Å². The van der Waals surface area contributed by atoms with E-state index in [9.17, 15) is 4.79 Å². The lowest BCUT2D eigenvalue weighted by atomic mass is 10.2. The molecule has 4 rings (SSSR count). The molecule has 0 fully saturated rings. The minimum Gasteiger partial charge on any atom is -0.333 e. The highest BCUT2D eigenvalue weighted by Crippen LogP contribution is 2.20. The van der Waals surface area contributed by atoms with E-state index in [2.05, 4.69) is 15.3 Å². The van der Waals surface area contributed by atoms with Crippen molar-refractivity contribution in [3.8, 4) is 0 Å². The van der Waals surface area contributed by atoms with E-state index in [4.69, 9.17) is 0 Å². The van der Waals surface area contributed by atoms with Crippen LogP contribution in [0.5, 0.6) is 0 Å². The number of rotatable bonds is 4. The monoisotopic (exact) mass is 293 g/mol. The third-order valence-corrected chi connectivity index (χ3v) is 3.97. The van der Waals surface area contributed by atoms with Crippen molar-refractivity contribution in [1.29, 1.82) is 0 Å². The van der Waals surface area contributed by atoms with E-state index in [1.165, 1.54) is 0 Å². The van der Waals surface area contributed by atoms with Gasteiger partial charge in [0, 0.05) is 19.3 Å². The van der Waals surface area contributed by atoms with Crippen molar-refractivity contribution in [2.24, 2.45) is 0 Å². The fourth-order valence-corrected chi connectivity index (χ4v) is 2.86. The first kappa shape index (κ1) is 12.9. The van der Waals surface area contributed by atoms with Gasteiger partial charge in [0.2, 0.25) is 0 Å². The van der Waals surface area contributed by atoms with Crippen LogP contribution < -0.4 is 0 Å². The van der Waals surface area contributed by atoms with Gasteiger partial charge in [0.05, 0.1) is 23.3 Å². The van der Waals surface area contributed by atoms with E-state index in [0.29, 0.717) is 13.1 Å². The number of hydrogen-bond donors (Lipinski definition) is 0. The molecule has 1 aliphatic rings. The molecule has 0 bridgehead atoms. The summed E-state index contributed by atoms with van der Waals surface area (Å²) in [5.41, 5.74) is 3.53. The predicted octanol–water partition coefficient (Wildman–Crippen LogP) is 1.87. The maximum atomic E-state index is 12.3. The van der Waals surface area contributed by atoms with E-state index in [0.717, 1.165) is 35.3 Å². The third kappa shape index (κ3) is 2.13. The SMILES string of the molecule is O=C1c2cccnc2CN1CCCn1nnc2ccccc21. The largest absolute Gasteiger partial charge is 0.333 e. The molecule has 1 amide bonds. The van der Waals surface area contributed by atoms with Gasteiger partial charge < -0.3 is 4.90 Å². The number of pyridine rings is 1. The summed E-state index contributed by atoms with van der Waals surface area (Å²) in [7, 11) is 0. The van der Waals surface area contributed by atoms with Crippen molar-refractivity contribution in [3.05, 3.63) is 53.9 Å². The van der Waals surface area contributed by atoms with Crippen molar-refractivity contribution in [1.82, 2.24) is 24.9 Å². The lowest BCUT2D eigenvalue weighted by Crippen LogP contribution is -2.26. The van der Waals surface area contributed by atoms with Crippen LogP contribution >= 0.6 is 0 Å². The summed E-state index contributed by atoms with van der Waals surface area (Å²) in [6.07, 6.45) is 2.57. The van der Waals surface area contributed by atoms with Gasteiger partial charge in [-0.3, -0.25) is 9.78 Å². The smallest absolute Gasteiger partial charge is 0.256 e.